The first-order chi connectivity index (χ1) is 8.54. The minimum absolute atomic E-state index is 0.370. The van der Waals surface area contributed by atoms with Gasteiger partial charge in [0.05, 0.1) is 12.2 Å². The maximum atomic E-state index is 13.8. The monoisotopic (exact) mass is 251 g/mol. The zero-order valence-electron chi connectivity index (χ0n) is 10.4. The van der Waals surface area contributed by atoms with E-state index >= 15 is 0 Å². The summed E-state index contributed by atoms with van der Waals surface area (Å²) in [5, 5.41) is 4.32. The van der Waals surface area contributed by atoms with Gasteiger partial charge in [-0.05, 0) is 26.0 Å². The van der Waals surface area contributed by atoms with Crippen molar-refractivity contribution in [1.82, 2.24) is 9.78 Å². The third-order valence-electron chi connectivity index (χ3n) is 2.92. The van der Waals surface area contributed by atoms with Crippen LogP contribution in [0.4, 0.5) is 8.78 Å². The molecule has 0 aliphatic rings. The van der Waals surface area contributed by atoms with Gasteiger partial charge >= 0.3 is 0 Å². The molecular weight excluding hydrogens is 236 g/mol. The number of nitrogens with zero attached hydrogens (tertiary/aromatic N) is 2. The van der Waals surface area contributed by atoms with Crippen LogP contribution in [0.15, 0.2) is 18.2 Å². The quantitative estimate of drug-likeness (QED) is 0.910. The Morgan fingerprint density at radius 3 is 2.61 bits per heavy atom. The van der Waals surface area contributed by atoms with Crippen molar-refractivity contribution in [2.45, 2.75) is 20.4 Å². The predicted octanol–water partition coefficient (Wildman–Crippen LogP) is 2.40. The third kappa shape index (κ3) is 2.13. The average Bonchev–Trinajstić information content (AvgIpc) is 2.56. The lowest BCUT2D eigenvalue weighted by atomic mass is 10.0. The summed E-state index contributed by atoms with van der Waals surface area (Å²) < 4.78 is 28.4. The standard InChI is InChI=1S/C13H15F2N3/c1-8-13(9(2)18(17-8)6-5-16)11-4-3-10(14)7-12(11)15/h3-4,7H,5-6,16H2,1-2H3. The summed E-state index contributed by atoms with van der Waals surface area (Å²) in [5.41, 5.74) is 8.12. The molecule has 18 heavy (non-hydrogen) atoms. The molecule has 0 unspecified atom stereocenters. The predicted molar refractivity (Wildman–Crippen MR) is 66.1 cm³/mol. The second kappa shape index (κ2) is 4.86. The van der Waals surface area contributed by atoms with E-state index in [0.717, 1.165) is 11.8 Å². The fourth-order valence-corrected chi connectivity index (χ4v) is 2.12. The molecule has 0 spiro atoms. The third-order valence-corrected chi connectivity index (χ3v) is 2.92. The van der Waals surface area contributed by atoms with Gasteiger partial charge in [0.2, 0.25) is 0 Å². The summed E-state index contributed by atoms with van der Waals surface area (Å²) in [7, 11) is 0. The Balaban J connectivity index is 2.56. The molecule has 2 rings (SSSR count). The molecule has 3 nitrogen and oxygen atoms in total. The number of nitrogens with two attached hydrogens (primary N) is 1. The van der Waals surface area contributed by atoms with E-state index in [1.54, 1.807) is 11.6 Å². The van der Waals surface area contributed by atoms with Gasteiger partial charge in [-0.2, -0.15) is 5.10 Å². The molecule has 2 N–H and O–H groups in total. The molecule has 0 aliphatic heterocycles. The van der Waals surface area contributed by atoms with E-state index in [4.69, 9.17) is 5.73 Å². The molecule has 0 fully saturated rings. The lowest BCUT2D eigenvalue weighted by molar-refractivity contribution is 0.585. The number of rotatable bonds is 3. The van der Waals surface area contributed by atoms with Gasteiger partial charge in [0.15, 0.2) is 0 Å². The van der Waals surface area contributed by atoms with E-state index in [0.29, 0.717) is 29.9 Å². The Hall–Kier alpha value is -1.75. The Morgan fingerprint density at radius 1 is 1.28 bits per heavy atom. The maximum absolute atomic E-state index is 13.8. The van der Waals surface area contributed by atoms with Crippen LogP contribution in [0.25, 0.3) is 11.1 Å². The van der Waals surface area contributed by atoms with Crippen molar-refractivity contribution in [3.05, 3.63) is 41.2 Å². The summed E-state index contributed by atoms with van der Waals surface area (Å²) >= 11 is 0. The van der Waals surface area contributed by atoms with Gasteiger partial charge in [-0.1, -0.05) is 0 Å². The normalized spacial score (nSPS) is 10.9. The van der Waals surface area contributed by atoms with E-state index in [-0.39, 0.29) is 0 Å². The van der Waals surface area contributed by atoms with E-state index < -0.39 is 11.6 Å². The van der Waals surface area contributed by atoms with Gasteiger partial charge in [0.1, 0.15) is 11.6 Å². The number of halogens is 2. The molecule has 1 aromatic carbocycles. The van der Waals surface area contributed by atoms with Gasteiger partial charge in [-0.25, -0.2) is 8.78 Å². The van der Waals surface area contributed by atoms with Crippen LogP contribution in [-0.4, -0.2) is 16.3 Å². The molecule has 5 heteroatoms. The minimum Gasteiger partial charge on any atom is -0.329 e. The van der Waals surface area contributed by atoms with Crippen molar-refractivity contribution in [3.63, 3.8) is 0 Å². The van der Waals surface area contributed by atoms with E-state index in [1.165, 1.54) is 12.1 Å². The SMILES string of the molecule is Cc1nn(CCN)c(C)c1-c1ccc(F)cc1F. The van der Waals surface area contributed by atoms with Crippen LogP contribution < -0.4 is 5.73 Å². The van der Waals surface area contributed by atoms with E-state index in [2.05, 4.69) is 5.10 Å². The summed E-state index contributed by atoms with van der Waals surface area (Å²) in [6.07, 6.45) is 0. The van der Waals surface area contributed by atoms with Crippen molar-refractivity contribution >= 4 is 0 Å². The maximum Gasteiger partial charge on any atom is 0.134 e. The number of aryl methyl sites for hydroxylation is 1. The van der Waals surface area contributed by atoms with Crippen LogP contribution in [0, 0.1) is 25.5 Å². The second-order valence-electron chi connectivity index (χ2n) is 4.18. The van der Waals surface area contributed by atoms with E-state index in [9.17, 15) is 8.78 Å². The molecule has 0 saturated carbocycles. The van der Waals surface area contributed by atoms with Crippen LogP contribution in [0.5, 0.6) is 0 Å². The zero-order valence-corrected chi connectivity index (χ0v) is 10.4. The molecule has 0 atom stereocenters. The van der Waals surface area contributed by atoms with Crippen molar-refractivity contribution in [1.29, 1.82) is 0 Å². The molecule has 0 aliphatic carbocycles. The minimum atomic E-state index is -0.582. The average molecular weight is 251 g/mol. The van der Waals surface area contributed by atoms with Crippen molar-refractivity contribution in [3.8, 4) is 11.1 Å². The highest BCUT2D eigenvalue weighted by atomic mass is 19.1. The molecule has 0 bridgehead atoms. The first-order valence-electron chi connectivity index (χ1n) is 5.74. The van der Waals surface area contributed by atoms with Gasteiger partial charge in [-0.15, -0.1) is 0 Å². The summed E-state index contributed by atoms with van der Waals surface area (Å²) in [4.78, 5) is 0. The largest absolute Gasteiger partial charge is 0.329 e. The Bertz CT molecular complexity index is 576. The molecule has 0 saturated heterocycles. The Labute approximate surface area is 104 Å². The second-order valence-corrected chi connectivity index (χ2v) is 4.18. The number of hydrogen-bond acceptors (Lipinski definition) is 2. The summed E-state index contributed by atoms with van der Waals surface area (Å²) in [5.74, 6) is -1.16. The van der Waals surface area contributed by atoms with Crippen LogP contribution >= 0.6 is 0 Å². The zero-order chi connectivity index (χ0) is 13.3. The Morgan fingerprint density at radius 2 is 2.00 bits per heavy atom. The molecule has 0 amide bonds. The van der Waals surface area contributed by atoms with Crippen molar-refractivity contribution in [2.75, 3.05) is 6.54 Å². The van der Waals surface area contributed by atoms with Gasteiger partial charge in [0, 0.05) is 29.4 Å². The fraction of sp³-hybridized carbons (Fsp3) is 0.308. The first kappa shape index (κ1) is 12.7. The highest BCUT2D eigenvalue weighted by Gasteiger charge is 2.16. The molecule has 0 radical (unpaired) electrons. The topological polar surface area (TPSA) is 43.8 Å². The van der Waals surface area contributed by atoms with Gasteiger partial charge < -0.3 is 5.73 Å². The highest BCUT2D eigenvalue weighted by molar-refractivity contribution is 5.69. The van der Waals surface area contributed by atoms with Gasteiger partial charge in [-0.3, -0.25) is 4.68 Å². The fourth-order valence-electron chi connectivity index (χ4n) is 2.12. The number of benzene rings is 1. The molecule has 96 valence electrons. The highest BCUT2D eigenvalue weighted by Crippen LogP contribution is 2.29. The van der Waals surface area contributed by atoms with Crippen LogP contribution in [0.1, 0.15) is 11.4 Å². The Kier molecular flexibility index (Phi) is 3.43. The smallest absolute Gasteiger partial charge is 0.134 e. The van der Waals surface area contributed by atoms with Crippen LogP contribution in [0.2, 0.25) is 0 Å². The van der Waals surface area contributed by atoms with Crippen molar-refractivity contribution in [2.24, 2.45) is 5.73 Å². The van der Waals surface area contributed by atoms with Crippen LogP contribution in [0.3, 0.4) is 0 Å². The lowest BCUT2D eigenvalue weighted by Crippen LogP contribution is -2.12. The molecule has 2 aromatic rings. The molecular formula is C13H15F2N3. The molecule has 1 heterocycles. The molecule has 1 aromatic heterocycles. The van der Waals surface area contributed by atoms with Gasteiger partial charge in [0.25, 0.3) is 0 Å². The lowest BCUT2D eigenvalue weighted by Gasteiger charge is -2.05. The summed E-state index contributed by atoms with van der Waals surface area (Å²) in [6.45, 7) is 4.70. The number of hydrogen-bond donors (Lipinski definition) is 1. The van der Waals surface area contributed by atoms with Crippen molar-refractivity contribution < 1.29 is 8.78 Å². The van der Waals surface area contributed by atoms with E-state index in [1.807, 2.05) is 6.92 Å². The summed E-state index contributed by atoms with van der Waals surface area (Å²) in [6, 6.07) is 3.57. The first-order valence-corrected chi connectivity index (χ1v) is 5.74. The van der Waals surface area contributed by atoms with Crippen LogP contribution in [-0.2, 0) is 6.54 Å². The number of aromatic nitrogens is 2.